The molecule has 0 spiro atoms. The van der Waals surface area contributed by atoms with Crippen LogP contribution in [0.2, 0.25) is 0 Å². The summed E-state index contributed by atoms with van der Waals surface area (Å²) in [5.74, 6) is 0. The Labute approximate surface area is 71.1 Å². The van der Waals surface area contributed by atoms with Crippen molar-refractivity contribution in [1.82, 2.24) is 0 Å². The monoisotopic (exact) mass is 220 g/mol. The molecule has 0 aliphatic carbocycles. The molecule has 0 radical (unpaired) electrons. The fraction of sp³-hybridized carbons (Fsp3) is 1.00. The number of hydrogen-bond donors (Lipinski definition) is 3. The molecule has 0 rings (SSSR count). The first-order valence-corrected chi connectivity index (χ1v) is 7.44. The predicted octanol–water partition coefficient (Wildman–Crippen LogP) is 0.632. The normalized spacial score (nSPS) is 15.8. The topological polar surface area (TPSA) is 104 Å². The van der Waals surface area contributed by atoms with Gasteiger partial charge in [0.2, 0.25) is 0 Å². The quantitative estimate of drug-likeness (QED) is 0.589. The summed E-state index contributed by atoms with van der Waals surface area (Å²) < 4.78 is 24.4. The van der Waals surface area contributed by atoms with E-state index < -0.39 is 14.3 Å². The number of rotatable bonds is 2. The molecule has 0 saturated heterocycles. The van der Waals surface area contributed by atoms with Gasteiger partial charge in [0.05, 0.1) is 0 Å². The third-order valence-electron chi connectivity index (χ3n) is 0.772. The maximum atomic E-state index is 10.0. The Morgan fingerprint density at radius 3 is 1.42 bits per heavy atom. The summed E-state index contributed by atoms with van der Waals surface area (Å²) in [7, 11) is -7.24. The molecule has 0 aromatic carbocycles. The zero-order valence-corrected chi connectivity index (χ0v) is 8.96. The molecule has 3 N–H and O–H groups in total. The van der Waals surface area contributed by atoms with Gasteiger partial charge < -0.3 is 19.4 Å². The van der Waals surface area contributed by atoms with Crippen LogP contribution in [0, 0.1) is 0 Å². The largest absolute Gasteiger partial charge is 0.407 e. The molecule has 0 aromatic rings. The van der Waals surface area contributed by atoms with Crippen LogP contribution in [0.4, 0.5) is 0 Å². The molecule has 0 saturated carbocycles. The standard InChI is InChI=1S/C3H8O.CH6O5P2/c1-3-4-2;1-7(2,3)8(4,5)6/h3H2,1-2H3;1H3,(H,2,3)(H2,4,5,6). The zero-order valence-electron chi connectivity index (χ0n) is 7.17. The van der Waals surface area contributed by atoms with E-state index in [-0.39, 0.29) is 0 Å². The molecule has 0 bridgehead atoms. The van der Waals surface area contributed by atoms with E-state index in [0.717, 1.165) is 6.61 Å². The zero-order chi connectivity index (χ0) is 10.4. The van der Waals surface area contributed by atoms with Crippen LogP contribution >= 0.6 is 14.3 Å². The van der Waals surface area contributed by atoms with Crippen LogP contribution in [-0.4, -0.2) is 35.1 Å². The summed E-state index contributed by atoms with van der Waals surface area (Å²) in [5, 5.41) is 0. The highest BCUT2D eigenvalue weighted by molar-refractivity contribution is 8.28. The van der Waals surface area contributed by atoms with Crippen LogP contribution in [0.3, 0.4) is 0 Å². The predicted molar refractivity (Wildman–Crippen MR) is 45.3 cm³/mol. The van der Waals surface area contributed by atoms with Gasteiger partial charge in [-0.2, -0.15) is 0 Å². The summed E-state index contributed by atoms with van der Waals surface area (Å²) in [6, 6.07) is 0. The summed E-state index contributed by atoms with van der Waals surface area (Å²) in [5.41, 5.74) is 0. The molecule has 1 atom stereocenters. The Morgan fingerprint density at radius 2 is 1.42 bits per heavy atom. The van der Waals surface area contributed by atoms with Crippen LogP contribution in [0.25, 0.3) is 0 Å². The fourth-order valence-electron chi connectivity index (χ4n) is 0. The van der Waals surface area contributed by atoms with Crippen LogP contribution in [0.15, 0.2) is 0 Å². The van der Waals surface area contributed by atoms with Crippen molar-refractivity contribution in [2.45, 2.75) is 6.92 Å². The van der Waals surface area contributed by atoms with Gasteiger partial charge in [-0.05, 0) is 6.92 Å². The molecule has 0 aliphatic rings. The highest BCUT2D eigenvalue weighted by Crippen LogP contribution is 2.71. The van der Waals surface area contributed by atoms with Crippen molar-refractivity contribution in [1.29, 1.82) is 0 Å². The van der Waals surface area contributed by atoms with Gasteiger partial charge in [-0.1, -0.05) is 0 Å². The SMILES string of the molecule is CCOC.CP(=O)(O)P(=O)(O)O. The van der Waals surface area contributed by atoms with Crippen molar-refractivity contribution in [3.05, 3.63) is 0 Å². The van der Waals surface area contributed by atoms with Crippen LogP contribution in [-0.2, 0) is 13.9 Å². The lowest BCUT2D eigenvalue weighted by Crippen LogP contribution is -1.77. The van der Waals surface area contributed by atoms with Crippen molar-refractivity contribution in [2.24, 2.45) is 0 Å². The maximum Gasteiger partial charge on any atom is 0.407 e. The third kappa shape index (κ3) is 8.40. The van der Waals surface area contributed by atoms with Gasteiger partial charge in [-0.15, -0.1) is 0 Å². The average Bonchev–Trinajstić information content (AvgIpc) is 1.84. The lowest BCUT2D eigenvalue weighted by Gasteiger charge is -2.04. The van der Waals surface area contributed by atoms with Crippen molar-refractivity contribution in [3.8, 4) is 0 Å². The third-order valence-corrected chi connectivity index (χ3v) is 4.64. The van der Waals surface area contributed by atoms with E-state index in [0.29, 0.717) is 6.66 Å². The van der Waals surface area contributed by atoms with E-state index in [2.05, 4.69) is 4.74 Å². The van der Waals surface area contributed by atoms with Crippen molar-refractivity contribution in [2.75, 3.05) is 20.4 Å². The molecule has 0 aromatic heterocycles. The molecule has 1 unspecified atom stereocenters. The second kappa shape index (κ2) is 5.86. The van der Waals surface area contributed by atoms with Gasteiger partial charge in [0.25, 0.3) is 0 Å². The van der Waals surface area contributed by atoms with Crippen molar-refractivity contribution < 1.29 is 28.5 Å². The second-order valence-corrected chi connectivity index (χ2v) is 8.41. The van der Waals surface area contributed by atoms with E-state index >= 15 is 0 Å². The summed E-state index contributed by atoms with van der Waals surface area (Å²) in [6.07, 6.45) is 0. The van der Waals surface area contributed by atoms with E-state index in [1.54, 1.807) is 7.11 Å². The Hall–Kier alpha value is 0.300. The minimum absolute atomic E-state index is 0.619. The Balaban J connectivity index is 0. The van der Waals surface area contributed by atoms with Crippen LogP contribution in [0.1, 0.15) is 6.92 Å². The summed E-state index contributed by atoms with van der Waals surface area (Å²) in [4.78, 5) is 24.1. The fourth-order valence-corrected chi connectivity index (χ4v) is 0. The molecule has 76 valence electrons. The van der Waals surface area contributed by atoms with Gasteiger partial charge in [0.1, 0.15) is 0 Å². The Bertz CT molecular complexity index is 168. The molecular weight excluding hydrogens is 206 g/mol. The number of methoxy groups -OCH3 is 1. The maximum absolute atomic E-state index is 10.0. The first-order valence-electron chi connectivity index (χ1n) is 3.02. The van der Waals surface area contributed by atoms with Crippen LogP contribution in [0.5, 0.6) is 0 Å². The van der Waals surface area contributed by atoms with Gasteiger partial charge in [0.15, 0.2) is 0 Å². The van der Waals surface area contributed by atoms with E-state index in [4.69, 9.17) is 14.7 Å². The highest BCUT2D eigenvalue weighted by atomic mass is 32.1. The molecule has 6 nitrogen and oxygen atoms in total. The van der Waals surface area contributed by atoms with Crippen LogP contribution < -0.4 is 0 Å². The van der Waals surface area contributed by atoms with E-state index in [1.165, 1.54) is 0 Å². The van der Waals surface area contributed by atoms with E-state index in [9.17, 15) is 9.13 Å². The molecule has 0 aliphatic heterocycles. The average molecular weight is 220 g/mol. The second-order valence-electron chi connectivity index (χ2n) is 1.93. The minimum atomic E-state index is -4.74. The number of hydrogen-bond acceptors (Lipinski definition) is 3. The van der Waals surface area contributed by atoms with E-state index in [1.807, 2.05) is 6.92 Å². The van der Waals surface area contributed by atoms with Gasteiger partial charge in [-0.25, -0.2) is 4.57 Å². The van der Waals surface area contributed by atoms with Gasteiger partial charge >= 0.3 is 14.3 Å². The van der Waals surface area contributed by atoms with Gasteiger partial charge in [0, 0.05) is 20.4 Å². The minimum Gasteiger partial charge on any atom is -0.385 e. The summed E-state index contributed by atoms with van der Waals surface area (Å²) in [6.45, 7) is 3.40. The molecule has 0 amide bonds. The Kier molecular flexibility index (Phi) is 7.23. The van der Waals surface area contributed by atoms with Crippen molar-refractivity contribution >= 4 is 14.3 Å². The lowest BCUT2D eigenvalue weighted by atomic mass is 10.9. The molecular formula is C4H14O6P2. The number of ether oxygens (including phenoxy) is 1. The molecule has 0 heterocycles. The highest BCUT2D eigenvalue weighted by Gasteiger charge is 2.33. The van der Waals surface area contributed by atoms with Gasteiger partial charge in [-0.3, -0.25) is 4.57 Å². The first kappa shape index (κ1) is 14.8. The molecule has 12 heavy (non-hydrogen) atoms. The molecule has 0 fully saturated rings. The lowest BCUT2D eigenvalue weighted by molar-refractivity contribution is 0.215. The van der Waals surface area contributed by atoms with Crippen molar-refractivity contribution in [3.63, 3.8) is 0 Å². The molecule has 8 heteroatoms. The first-order chi connectivity index (χ1) is 5.16. The summed E-state index contributed by atoms with van der Waals surface area (Å²) >= 11 is 0. The smallest absolute Gasteiger partial charge is 0.385 e. The Morgan fingerprint density at radius 1 is 1.25 bits per heavy atom.